The predicted molar refractivity (Wildman–Crippen MR) is 78.7 cm³/mol. The van der Waals surface area contributed by atoms with Crippen LogP contribution in [0.4, 0.5) is 0 Å². The molecule has 2 rings (SSSR count). The van der Waals surface area contributed by atoms with Crippen molar-refractivity contribution in [2.45, 2.75) is 13.3 Å². The summed E-state index contributed by atoms with van der Waals surface area (Å²) in [7, 11) is 4.04. The van der Waals surface area contributed by atoms with Crippen LogP contribution in [0.15, 0.2) is 28.7 Å². The Morgan fingerprint density at radius 3 is 2.83 bits per heavy atom. The highest BCUT2D eigenvalue weighted by atomic mass is 79.9. The van der Waals surface area contributed by atoms with Crippen LogP contribution in [0.1, 0.15) is 11.5 Å². The number of rotatable bonds is 4. The summed E-state index contributed by atoms with van der Waals surface area (Å²) in [5.74, 6) is 1.12. The molecule has 0 aliphatic heterocycles. The fourth-order valence-electron chi connectivity index (χ4n) is 2.01. The van der Waals surface area contributed by atoms with Gasteiger partial charge in [0.15, 0.2) is 0 Å². The van der Waals surface area contributed by atoms with Crippen LogP contribution in [-0.2, 0) is 13.5 Å². The van der Waals surface area contributed by atoms with E-state index in [0.717, 1.165) is 34.5 Å². The smallest absolute Gasteiger partial charge is 0.110 e. The third-order valence-corrected chi connectivity index (χ3v) is 3.66. The van der Waals surface area contributed by atoms with Gasteiger partial charge in [-0.1, -0.05) is 28.1 Å². The van der Waals surface area contributed by atoms with Crippen LogP contribution in [0.25, 0.3) is 11.3 Å². The Hall–Kier alpha value is -1.13. The normalized spacial score (nSPS) is 10.9. The minimum Gasteiger partial charge on any atom is -0.335 e. The van der Waals surface area contributed by atoms with Crippen molar-refractivity contribution in [2.24, 2.45) is 7.05 Å². The van der Waals surface area contributed by atoms with Crippen molar-refractivity contribution >= 4 is 15.9 Å². The Bertz CT molecular complexity index is 546. The average molecular weight is 308 g/mol. The number of likely N-dealkylation sites (N-methyl/N-ethyl adjacent to an activating group) is 1. The molecule has 1 aromatic carbocycles. The van der Waals surface area contributed by atoms with Crippen molar-refractivity contribution in [1.29, 1.82) is 0 Å². The van der Waals surface area contributed by atoms with Crippen LogP contribution in [0, 0.1) is 6.92 Å². The van der Waals surface area contributed by atoms with E-state index in [-0.39, 0.29) is 0 Å². The predicted octanol–water partition coefficient (Wildman–Crippen LogP) is 2.92. The Morgan fingerprint density at radius 1 is 1.39 bits per heavy atom. The fraction of sp³-hybridized carbons (Fsp3) is 0.357. The summed E-state index contributed by atoms with van der Waals surface area (Å²) in [6, 6.07) is 8.28. The molecule has 0 amide bonds. The first-order valence-corrected chi connectivity index (χ1v) is 6.85. The van der Waals surface area contributed by atoms with Gasteiger partial charge >= 0.3 is 0 Å². The van der Waals surface area contributed by atoms with Crippen LogP contribution in [0.5, 0.6) is 0 Å². The molecule has 0 bridgehead atoms. The van der Waals surface area contributed by atoms with E-state index in [1.807, 2.05) is 19.2 Å². The maximum absolute atomic E-state index is 4.76. The molecule has 2 aromatic rings. The van der Waals surface area contributed by atoms with E-state index in [4.69, 9.17) is 4.98 Å². The third kappa shape index (κ3) is 2.65. The maximum atomic E-state index is 4.76. The van der Waals surface area contributed by atoms with Crippen LogP contribution in [0.2, 0.25) is 0 Å². The molecular weight excluding hydrogens is 290 g/mol. The standard InChI is InChI=1S/C14H18BrN3/c1-10-14(11-5-4-6-12(15)9-11)17-13(18(10)3)7-8-16-2/h4-6,9,16H,7-8H2,1-3H3. The van der Waals surface area contributed by atoms with Crippen molar-refractivity contribution in [3.05, 3.63) is 40.3 Å². The van der Waals surface area contributed by atoms with E-state index >= 15 is 0 Å². The van der Waals surface area contributed by atoms with Gasteiger partial charge in [-0.05, 0) is 26.1 Å². The molecule has 0 unspecified atom stereocenters. The minimum atomic E-state index is 0.946. The number of imidazole rings is 1. The van der Waals surface area contributed by atoms with Crippen molar-refractivity contribution < 1.29 is 0 Å². The molecule has 18 heavy (non-hydrogen) atoms. The third-order valence-electron chi connectivity index (χ3n) is 3.17. The summed E-state index contributed by atoms with van der Waals surface area (Å²) >= 11 is 3.51. The number of nitrogens with zero attached hydrogens (tertiary/aromatic N) is 2. The lowest BCUT2D eigenvalue weighted by Crippen LogP contribution is -2.13. The van der Waals surface area contributed by atoms with Gasteiger partial charge < -0.3 is 9.88 Å². The molecular formula is C14H18BrN3. The zero-order valence-corrected chi connectivity index (χ0v) is 12.6. The van der Waals surface area contributed by atoms with E-state index in [0.29, 0.717) is 0 Å². The number of hydrogen-bond acceptors (Lipinski definition) is 2. The Labute approximate surface area is 116 Å². The molecule has 0 fully saturated rings. The van der Waals surface area contributed by atoms with E-state index in [1.165, 1.54) is 5.69 Å². The Morgan fingerprint density at radius 2 is 2.17 bits per heavy atom. The summed E-state index contributed by atoms with van der Waals surface area (Å²) in [6.07, 6.45) is 0.946. The Balaban J connectivity index is 2.39. The summed E-state index contributed by atoms with van der Waals surface area (Å²) < 4.78 is 3.26. The molecule has 0 spiro atoms. The van der Waals surface area contributed by atoms with Crippen LogP contribution in [-0.4, -0.2) is 23.1 Å². The van der Waals surface area contributed by atoms with E-state index in [2.05, 4.69) is 51.9 Å². The molecule has 0 atom stereocenters. The monoisotopic (exact) mass is 307 g/mol. The highest BCUT2D eigenvalue weighted by molar-refractivity contribution is 9.10. The fourth-order valence-corrected chi connectivity index (χ4v) is 2.41. The summed E-state index contributed by atoms with van der Waals surface area (Å²) in [6.45, 7) is 3.06. The molecule has 3 nitrogen and oxygen atoms in total. The number of aromatic nitrogens is 2. The zero-order chi connectivity index (χ0) is 13.1. The maximum Gasteiger partial charge on any atom is 0.110 e. The summed E-state index contributed by atoms with van der Waals surface area (Å²) in [4.78, 5) is 4.76. The van der Waals surface area contributed by atoms with Gasteiger partial charge in [-0.15, -0.1) is 0 Å². The van der Waals surface area contributed by atoms with E-state index in [1.54, 1.807) is 0 Å². The number of halogens is 1. The largest absolute Gasteiger partial charge is 0.335 e. The van der Waals surface area contributed by atoms with Crippen molar-refractivity contribution in [2.75, 3.05) is 13.6 Å². The van der Waals surface area contributed by atoms with Gasteiger partial charge in [0.2, 0.25) is 0 Å². The van der Waals surface area contributed by atoms with Gasteiger partial charge in [0.1, 0.15) is 5.82 Å². The van der Waals surface area contributed by atoms with Gasteiger partial charge in [-0.2, -0.15) is 0 Å². The second-order valence-corrected chi connectivity index (χ2v) is 5.30. The molecule has 1 heterocycles. The van der Waals surface area contributed by atoms with E-state index in [9.17, 15) is 0 Å². The SMILES string of the molecule is CNCCc1nc(-c2cccc(Br)c2)c(C)n1C. The molecule has 4 heteroatoms. The first kappa shape index (κ1) is 13.3. The summed E-state index contributed by atoms with van der Waals surface area (Å²) in [5.41, 5.74) is 3.44. The van der Waals surface area contributed by atoms with E-state index < -0.39 is 0 Å². The molecule has 0 saturated carbocycles. The quantitative estimate of drug-likeness (QED) is 0.941. The number of hydrogen-bond donors (Lipinski definition) is 1. The van der Waals surface area contributed by atoms with Gasteiger partial charge in [-0.3, -0.25) is 0 Å². The molecule has 0 aliphatic carbocycles. The lowest BCUT2D eigenvalue weighted by molar-refractivity contribution is 0.710. The van der Waals surface area contributed by atoms with Gasteiger partial charge in [0.25, 0.3) is 0 Å². The highest BCUT2D eigenvalue weighted by Crippen LogP contribution is 2.25. The molecule has 1 aromatic heterocycles. The first-order chi connectivity index (χ1) is 8.63. The second kappa shape index (κ2) is 5.67. The lowest BCUT2D eigenvalue weighted by Gasteiger charge is -2.02. The summed E-state index contributed by atoms with van der Waals surface area (Å²) in [5, 5.41) is 3.16. The molecule has 0 radical (unpaired) electrons. The molecule has 96 valence electrons. The molecule has 0 saturated heterocycles. The second-order valence-electron chi connectivity index (χ2n) is 4.38. The van der Waals surface area contributed by atoms with Crippen molar-refractivity contribution in [1.82, 2.24) is 14.9 Å². The zero-order valence-electron chi connectivity index (χ0n) is 11.0. The van der Waals surface area contributed by atoms with Gasteiger partial charge in [-0.25, -0.2) is 4.98 Å². The van der Waals surface area contributed by atoms with Crippen LogP contribution < -0.4 is 5.32 Å². The topological polar surface area (TPSA) is 29.9 Å². The first-order valence-electron chi connectivity index (χ1n) is 6.06. The lowest BCUT2D eigenvalue weighted by atomic mass is 10.1. The number of benzene rings is 1. The molecule has 1 N–H and O–H groups in total. The minimum absolute atomic E-state index is 0.946. The highest BCUT2D eigenvalue weighted by Gasteiger charge is 2.12. The Kier molecular flexibility index (Phi) is 4.19. The van der Waals surface area contributed by atoms with Crippen LogP contribution in [0.3, 0.4) is 0 Å². The van der Waals surface area contributed by atoms with Gasteiger partial charge in [0, 0.05) is 35.7 Å². The average Bonchev–Trinajstić information content (AvgIpc) is 2.64. The molecule has 0 aliphatic rings. The number of nitrogens with one attached hydrogen (secondary N) is 1. The van der Waals surface area contributed by atoms with Gasteiger partial charge in [0.05, 0.1) is 5.69 Å². The van der Waals surface area contributed by atoms with Crippen LogP contribution >= 0.6 is 15.9 Å². The van der Waals surface area contributed by atoms with Crippen molar-refractivity contribution in [3.63, 3.8) is 0 Å². The van der Waals surface area contributed by atoms with Crippen molar-refractivity contribution in [3.8, 4) is 11.3 Å².